The molecule has 0 radical (unpaired) electrons. The zero-order chi connectivity index (χ0) is 22.3. The smallest absolute Gasteiger partial charge is 0.332 e. The largest absolute Gasteiger partial charge is 0.491 e. The number of para-hydroxylation sites is 1. The highest BCUT2D eigenvalue weighted by Gasteiger charge is 2.37. The number of carboxylic acid groups (broad SMARTS) is 1. The summed E-state index contributed by atoms with van der Waals surface area (Å²) in [6.07, 6.45) is 0. The summed E-state index contributed by atoms with van der Waals surface area (Å²) in [5.41, 5.74) is -2.02. The van der Waals surface area contributed by atoms with Crippen LogP contribution < -0.4 is 15.4 Å². The predicted molar refractivity (Wildman–Crippen MR) is 106 cm³/mol. The van der Waals surface area contributed by atoms with Crippen molar-refractivity contribution in [2.45, 2.75) is 25.4 Å². The number of nitrogens with zero attached hydrogens (tertiary/aromatic N) is 1. The Hall–Kier alpha value is -3.95. The normalized spacial score (nSPS) is 13.4. The van der Waals surface area contributed by atoms with E-state index in [1.807, 2.05) is 0 Å². The summed E-state index contributed by atoms with van der Waals surface area (Å²) in [4.78, 5) is 46.6. The molecular formula is C20H21N3O7. The molecule has 0 bridgehead atoms. The second kappa shape index (κ2) is 9.50. The van der Waals surface area contributed by atoms with Crippen molar-refractivity contribution in [1.29, 1.82) is 0 Å². The minimum Gasteiger partial charge on any atom is -0.491 e. The van der Waals surface area contributed by atoms with Crippen molar-refractivity contribution >= 4 is 23.5 Å². The average molecular weight is 415 g/mol. The lowest BCUT2D eigenvalue weighted by Gasteiger charge is -2.28. The first-order chi connectivity index (χ1) is 14.1. The quantitative estimate of drug-likeness (QED) is 0.417. The van der Waals surface area contributed by atoms with Gasteiger partial charge in [0.15, 0.2) is 5.54 Å². The molecule has 2 aromatic rings. The Labute approximate surface area is 172 Å². The Balaban J connectivity index is 2.02. The van der Waals surface area contributed by atoms with Crippen LogP contribution in [0.25, 0.3) is 0 Å². The number of carbonyl (C=O) groups excluding carboxylic acids is 2. The zero-order valence-corrected chi connectivity index (χ0v) is 16.3. The van der Waals surface area contributed by atoms with Crippen LogP contribution in [-0.4, -0.2) is 46.0 Å². The molecule has 0 heterocycles. The molecule has 10 heteroatoms. The molecule has 0 aliphatic carbocycles. The molecule has 0 aliphatic heterocycles. The number of nitro groups is 1. The van der Waals surface area contributed by atoms with Crippen molar-refractivity contribution in [1.82, 2.24) is 10.6 Å². The number of nitrogens with one attached hydrogen (secondary N) is 2. The standard InChI is InChI=1S/C20H21N3O7/c1-13(21-18(25)14-7-6-8-15(11-14)23(28)29)17(24)22-20(2,19(26)27)12-30-16-9-4-3-5-10-16/h3-11,13H,12H2,1-2H3,(H,21,25)(H,22,24)(H,26,27)/t13-,20+/m0/s1. The number of nitro benzene ring substituents is 1. The van der Waals surface area contributed by atoms with Crippen molar-refractivity contribution in [3.8, 4) is 5.75 Å². The molecule has 10 nitrogen and oxygen atoms in total. The van der Waals surface area contributed by atoms with Gasteiger partial charge in [-0.1, -0.05) is 24.3 Å². The minimum absolute atomic E-state index is 0.00254. The van der Waals surface area contributed by atoms with Crippen molar-refractivity contribution in [2.24, 2.45) is 0 Å². The molecule has 158 valence electrons. The number of non-ortho nitro benzene ring substituents is 1. The Morgan fingerprint density at radius 2 is 1.83 bits per heavy atom. The first kappa shape index (κ1) is 22.3. The number of ether oxygens (including phenoxy) is 1. The Morgan fingerprint density at radius 1 is 1.17 bits per heavy atom. The van der Waals surface area contributed by atoms with Crippen molar-refractivity contribution in [3.05, 3.63) is 70.3 Å². The average Bonchev–Trinajstić information content (AvgIpc) is 2.72. The Bertz CT molecular complexity index is 948. The number of carboxylic acids is 1. The van der Waals surface area contributed by atoms with Gasteiger partial charge in [0.1, 0.15) is 18.4 Å². The van der Waals surface area contributed by atoms with Gasteiger partial charge in [0, 0.05) is 17.7 Å². The molecule has 2 rings (SSSR count). The van der Waals surface area contributed by atoms with Gasteiger partial charge in [0.2, 0.25) is 5.91 Å². The van der Waals surface area contributed by atoms with Gasteiger partial charge in [-0.2, -0.15) is 0 Å². The summed E-state index contributed by atoms with van der Waals surface area (Å²) >= 11 is 0. The summed E-state index contributed by atoms with van der Waals surface area (Å²) in [7, 11) is 0. The van der Waals surface area contributed by atoms with E-state index >= 15 is 0 Å². The van der Waals surface area contributed by atoms with Crippen LogP contribution in [0.3, 0.4) is 0 Å². The maximum absolute atomic E-state index is 12.5. The number of benzene rings is 2. The predicted octanol–water partition coefficient (Wildman–Crippen LogP) is 1.75. The van der Waals surface area contributed by atoms with Crippen LogP contribution >= 0.6 is 0 Å². The molecule has 2 aromatic carbocycles. The third kappa shape index (κ3) is 5.77. The van der Waals surface area contributed by atoms with Gasteiger partial charge in [-0.25, -0.2) is 4.79 Å². The Kier molecular flexibility index (Phi) is 7.08. The molecule has 0 aliphatic rings. The highest BCUT2D eigenvalue weighted by atomic mass is 16.6. The molecule has 3 N–H and O–H groups in total. The van der Waals surface area contributed by atoms with Crippen LogP contribution in [0.2, 0.25) is 0 Å². The number of aliphatic carboxylic acids is 1. The fourth-order valence-corrected chi connectivity index (χ4v) is 2.38. The van der Waals surface area contributed by atoms with E-state index in [9.17, 15) is 29.6 Å². The van der Waals surface area contributed by atoms with Gasteiger partial charge in [-0.15, -0.1) is 0 Å². The summed E-state index contributed by atoms with van der Waals surface area (Å²) < 4.78 is 5.45. The molecule has 2 amide bonds. The van der Waals surface area contributed by atoms with E-state index in [-0.39, 0.29) is 17.9 Å². The van der Waals surface area contributed by atoms with Gasteiger partial charge in [-0.3, -0.25) is 19.7 Å². The van der Waals surface area contributed by atoms with Gasteiger partial charge in [-0.05, 0) is 32.0 Å². The molecule has 0 spiro atoms. The molecular weight excluding hydrogens is 394 g/mol. The summed E-state index contributed by atoms with van der Waals surface area (Å²) in [5, 5.41) is 25.1. The Morgan fingerprint density at radius 3 is 2.43 bits per heavy atom. The maximum atomic E-state index is 12.5. The van der Waals surface area contributed by atoms with E-state index in [4.69, 9.17) is 4.74 Å². The van der Waals surface area contributed by atoms with Crippen molar-refractivity contribution in [2.75, 3.05) is 6.61 Å². The fourth-order valence-electron chi connectivity index (χ4n) is 2.38. The van der Waals surface area contributed by atoms with Crippen LogP contribution in [0.4, 0.5) is 5.69 Å². The molecule has 30 heavy (non-hydrogen) atoms. The van der Waals surface area contributed by atoms with Crippen LogP contribution in [-0.2, 0) is 9.59 Å². The van der Waals surface area contributed by atoms with E-state index in [1.54, 1.807) is 30.3 Å². The van der Waals surface area contributed by atoms with Crippen LogP contribution in [0, 0.1) is 10.1 Å². The third-order valence-corrected chi connectivity index (χ3v) is 4.20. The van der Waals surface area contributed by atoms with E-state index in [0.29, 0.717) is 5.75 Å². The number of hydrogen-bond donors (Lipinski definition) is 3. The van der Waals surface area contributed by atoms with Gasteiger partial charge in [0.05, 0.1) is 4.92 Å². The van der Waals surface area contributed by atoms with Gasteiger partial charge < -0.3 is 20.5 Å². The summed E-state index contributed by atoms with van der Waals surface area (Å²) in [6.45, 7) is 2.31. The molecule has 2 atom stereocenters. The number of rotatable bonds is 9. The molecule has 0 saturated carbocycles. The molecule has 0 fully saturated rings. The second-order valence-electron chi connectivity index (χ2n) is 6.73. The third-order valence-electron chi connectivity index (χ3n) is 4.20. The zero-order valence-electron chi connectivity index (χ0n) is 16.3. The van der Waals surface area contributed by atoms with Crippen LogP contribution in [0.5, 0.6) is 5.75 Å². The van der Waals surface area contributed by atoms with Crippen LogP contribution in [0.15, 0.2) is 54.6 Å². The van der Waals surface area contributed by atoms with Gasteiger partial charge in [0.25, 0.3) is 11.6 Å². The lowest BCUT2D eigenvalue weighted by atomic mass is 10.0. The topological polar surface area (TPSA) is 148 Å². The SMILES string of the molecule is C[C@H](NC(=O)c1cccc([N+](=O)[O-])c1)C(=O)N[C@](C)(COc1ccccc1)C(=O)O. The van der Waals surface area contributed by atoms with E-state index in [2.05, 4.69) is 10.6 Å². The van der Waals surface area contributed by atoms with Crippen molar-refractivity contribution in [3.63, 3.8) is 0 Å². The second-order valence-corrected chi connectivity index (χ2v) is 6.73. The summed E-state index contributed by atoms with van der Waals surface area (Å²) in [6, 6.07) is 12.4. The summed E-state index contributed by atoms with van der Waals surface area (Å²) in [5.74, 6) is -2.34. The number of carbonyl (C=O) groups is 3. The monoisotopic (exact) mass is 415 g/mol. The molecule has 0 aromatic heterocycles. The number of hydrogen-bond acceptors (Lipinski definition) is 6. The minimum atomic E-state index is -1.75. The van der Waals surface area contributed by atoms with Gasteiger partial charge >= 0.3 is 5.97 Å². The van der Waals surface area contributed by atoms with E-state index < -0.39 is 34.3 Å². The lowest BCUT2D eigenvalue weighted by molar-refractivity contribution is -0.384. The van der Waals surface area contributed by atoms with Crippen LogP contribution in [0.1, 0.15) is 24.2 Å². The first-order valence-corrected chi connectivity index (χ1v) is 8.91. The first-order valence-electron chi connectivity index (χ1n) is 8.91. The van der Waals surface area contributed by atoms with E-state index in [1.165, 1.54) is 32.0 Å². The van der Waals surface area contributed by atoms with Crippen molar-refractivity contribution < 1.29 is 29.2 Å². The molecule has 0 saturated heterocycles. The molecule has 0 unspecified atom stereocenters. The number of amides is 2. The highest BCUT2D eigenvalue weighted by molar-refractivity contribution is 5.98. The van der Waals surface area contributed by atoms with E-state index in [0.717, 1.165) is 6.07 Å². The maximum Gasteiger partial charge on any atom is 0.332 e. The lowest BCUT2D eigenvalue weighted by Crippen LogP contribution is -2.60. The fraction of sp³-hybridized carbons (Fsp3) is 0.250. The highest BCUT2D eigenvalue weighted by Crippen LogP contribution is 2.14.